The van der Waals surface area contributed by atoms with Gasteiger partial charge in [-0.2, -0.15) is 8.42 Å². The van der Waals surface area contributed by atoms with Crippen molar-refractivity contribution in [2.24, 2.45) is 4.36 Å². The SMILES string of the molecule is COc1ccc(C2CCC(C(=O)O)(N(C(=O)N=S(=O)=O)c3ccc(C)cc3)C2)cc1OC1CCCC1. The molecule has 36 heavy (non-hydrogen) atoms. The Morgan fingerprint density at radius 2 is 1.75 bits per heavy atom. The van der Waals surface area contributed by atoms with Gasteiger partial charge in [0, 0.05) is 5.69 Å². The van der Waals surface area contributed by atoms with Gasteiger partial charge in [-0.3, -0.25) is 4.90 Å². The Morgan fingerprint density at radius 3 is 2.36 bits per heavy atom. The number of nitrogens with zero attached hydrogens (tertiary/aromatic N) is 2. The molecular weight excluding hydrogens is 484 g/mol. The van der Waals surface area contributed by atoms with E-state index >= 15 is 0 Å². The van der Waals surface area contributed by atoms with E-state index in [9.17, 15) is 23.1 Å². The topological polar surface area (TPSA) is 123 Å². The van der Waals surface area contributed by atoms with E-state index in [0.29, 0.717) is 17.9 Å². The third-order valence-corrected chi connectivity index (χ3v) is 7.51. The predicted molar refractivity (Wildman–Crippen MR) is 133 cm³/mol. The number of carboxylic acids is 1. The second-order valence-electron chi connectivity index (χ2n) is 9.47. The van der Waals surface area contributed by atoms with Gasteiger partial charge in [0.25, 0.3) is 0 Å². The van der Waals surface area contributed by atoms with Crippen molar-refractivity contribution in [3.05, 3.63) is 53.6 Å². The number of amides is 2. The molecule has 2 amide bonds. The standard InChI is InChI=1S/C26H30N2O7S/c1-17-7-10-20(11-8-17)28(25(31)27-36(32)33)26(24(29)30)14-13-19(16-26)18-9-12-22(34-2)23(15-18)35-21-5-3-4-6-21/h7-12,15,19,21H,3-6,13-14,16H2,1-2H3,(H,29,30). The maximum Gasteiger partial charge on any atom is 0.364 e. The Kier molecular flexibility index (Phi) is 7.63. The van der Waals surface area contributed by atoms with Crippen molar-refractivity contribution in [2.45, 2.75) is 69.4 Å². The monoisotopic (exact) mass is 514 g/mol. The highest BCUT2D eigenvalue weighted by atomic mass is 32.2. The molecule has 2 aliphatic rings. The lowest BCUT2D eigenvalue weighted by atomic mass is 9.90. The van der Waals surface area contributed by atoms with Gasteiger partial charge < -0.3 is 14.6 Å². The molecule has 2 atom stereocenters. The zero-order valence-corrected chi connectivity index (χ0v) is 21.2. The van der Waals surface area contributed by atoms with Gasteiger partial charge in [-0.15, -0.1) is 0 Å². The van der Waals surface area contributed by atoms with E-state index in [1.165, 1.54) is 0 Å². The van der Waals surface area contributed by atoms with E-state index in [1.54, 1.807) is 31.4 Å². The average Bonchev–Trinajstić information content (AvgIpc) is 3.51. The maximum absolute atomic E-state index is 13.0. The molecule has 0 aliphatic heterocycles. The van der Waals surface area contributed by atoms with Crippen LogP contribution in [0.2, 0.25) is 0 Å². The molecule has 0 radical (unpaired) electrons. The quantitative estimate of drug-likeness (QED) is 0.545. The van der Waals surface area contributed by atoms with Crippen LogP contribution >= 0.6 is 0 Å². The van der Waals surface area contributed by atoms with E-state index in [2.05, 4.69) is 4.36 Å². The van der Waals surface area contributed by atoms with Crippen LogP contribution in [0, 0.1) is 6.92 Å². The molecule has 0 spiro atoms. The lowest BCUT2D eigenvalue weighted by molar-refractivity contribution is -0.143. The van der Waals surface area contributed by atoms with Crippen molar-refractivity contribution >= 4 is 28.2 Å². The number of rotatable bonds is 7. The number of carbonyl (C=O) groups is 2. The lowest BCUT2D eigenvalue weighted by Crippen LogP contribution is -2.55. The molecule has 9 nitrogen and oxygen atoms in total. The van der Waals surface area contributed by atoms with Gasteiger partial charge in [-0.25, -0.2) is 9.59 Å². The normalized spacial score (nSPS) is 21.7. The molecule has 192 valence electrons. The first-order valence-corrected chi connectivity index (χ1v) is 13.1. The fraction of sp³-hybridized carbons (Fsp3) is 0.462. The highest BCUT2D eigenvalue weighted by Crippen LogP contribution is 2.48. The third kappa shape index (κ3) is 5.23. The first kappa shape index (κ1) is 25.7. The minimum Gasteiger partial charge on any atom is -0.493 e. The van der Waals surface area contributed by atoms with Crippen LogP contribution in [-0.4, -0.2) is 44.3 Å². The first-order valence-electron chi connectivity index (χ1n) is 12.0. The predicted octanol–water partition coefficient (Wildman–Crippen LogP) is 5.11. The molecule has 2 fully saturated rings. The number of hydrogen-bond donors (Lipinski definition) is 1. The van der Waals surface area contributed by atoms with Crippen molar-refractivity contribution in [1.82, 2.24) is 0 Å². The van der Waals surface area contributed by atoms with Crippen LogP contribution in [0.15, 0.2) is 46.8 Å². The van der Waals surface area contributed by atoms with Gasteiger partial charge >= 0.3 is 22.5 Å². The molecule has 4 rings (SSSR count). The van der Waals surface area contributed by atoms with Crippen LogP contribution in [-0.2, 0) is 15.3 Å². The van der Waals surface area contributed by atoms with Crippen molar-refractivity contribution in [1.29, 1.82) is 0 Å². The number of carboxylic acid groups (broad SMARTS) is 1. The van der Waals surface area contributed by atoms with Crippen LogP contribution in [0.25, 0.3) is 0 Å². The van der Waals surface area contributed by atoms with Crippen LogP contribution in [0.5, 0.6) is 11.5 Å². The molecule has 0 aromatic heterocycles. The van der Waals surface area contributed by atoms with Crippen molar-refractivity contribution in [3.63, 3.8) is 0 Å². The van der Waals surface area contributed by atoms with Gasteiger partial charge in [0.1, 0.15) is 5.54 Å². The Bertz CT molecular complexity index is 1260. The zero-order valence-electron chi connectivity index (χ0n) is 20.3. The highest BCUT2D eigenvalue weighted by Gasteiger charge is 2.53. The summed E-state index contributed by atoms with van der Waals surface area (Å²) in [5.41, 5.74) is 0.416. The van der Waals surface area contributed by atoms with E-state index in [1.807, 2.05) is 25.1 Å². The van der Waals surface area contributed by atoms with Crippen LogP contribution in [0.1, 0.15) is 62.0 Å². The van der Waals surface area contributed by atoms with Gasteiger partial charge in [-0.1, -0.05) is 28.1 Å². The second-order valence-corrected chi connectivity index (χ2v) is 10.1. The third-order valence-electron chi connectivity index (χ3n) is 7.21. The molecule has 2 unspecified atom stereocenters. The molecule has 10 heteroatoms. The second kappa shape index (κ2) is 10.7. The fourth-order valence-corrected chi connectivity index (χ4v) is 5.58. The van der Waals surface area contributed by atoms with Crippen LogP contribution in [0.4, 0.5) is 10.5 Å². The summed E-state index contributed by atoms with van der Waals surface area (Å²) in [5, 5.41) is 10.4. The van der Waals surface area contributed by atoms with Crippen molar-refractivity contribution < 1.29 is 32.6 Å². The molecule has 2 aromatic carbocycles. The number of ether oxygens (including phenoxy) is 2. The summed E-state index contributed by atoms with van der Waals surface area (Å²) in [6.07, 6.45) is 5.06. The number of hydrogen-bond acceptors (Lipinski definition) is 6. The Hall–Kier alpha value is -3.40. The molecule has 2 aliphatic carbocycles. The molecule has 2 aromatic rings. The Morgan fingerprint density at radius 1 is 1.06 bits per heavy atom. The van der Waals surface area contributed by atoms with Gasteiger partial charge in [0.2, 0.25) is 0 Å². The number of benzene rings is 2. The van der Waals surface area contributed by atoms with Gasteiger partial charge in [-0.05, 0) is 87.6 Å². The minimum absolute atomic E-state index is 0.0954. The summed E-state index contributed by atoms with van der Waals surface area (Å²) in [7, 11) is -1.44. The lowest BCUT2D eigenvalue weighted by Gasteiger charge is -2.36. The van der Waals surface area contributed by atoms with E-state index in [-0.39, 0.29) is 30.6 Å². The Balaban J connectivity index is 1.70. The summed E-state index contributed by atoms with van der Waals surface area (Å²) in [6.45, 7) is 1.86. The molecule has 0 bridgehead atoms. The number of aliphatic carboxylic acids is 1. The summed E-state index contributed by atoms with van der Waals surface area (Å²) < 4.78 is 37.3. The maximum atomic E-state index is 13.0. The van der Waals surface area contributed by atoms with Crippen LogP contribution in [0.3, 0.4) is 0 Å². The molecular formula is C26H30N2O7S. The molecule has 0 heterocycles. The largest absolute Gasteiger partial charge is 0.493 e. The number of methoxy groups -OCH3 is 1. The van der Waals surface area contributed by atoms with E-state index in [0.717, 1.165) is 41.7 Å². The van der Waals surface area contributed by atoms with Gasteiger partial charge in [0.15, 0.2) is 11.5 Å². The van der Waals surface area contributed by atoms with Crippen molar-refractivity contribution in [2.75, 3.05) is 12.0 Å². The minimum atomic E-state index is -3.02. The number of anilines is 1. The number of urea groups is 1. The van der Waals surface area contributed by atoms with Gasteiger partial charge in [0.05, 0.1) is 13.2 Å². The Labute approximate surface area is 211 Å². The van der Waals surface area contributed by atoms with Crippen LogP contribution < -0.4 is 14.4 Å². The van der Waals surface area contributed by atoms with E-state index < -0.39 is 28.0 Å². The molecule has 0 saturated heterocycles. The number of aryl methyl sites for hydroxylation is 1. The fourth-order valence-electron chi connectivity index (χ4n) is 5.37. The summed E-state index contributed by atoms with van der Waals surface area (Å²) in [6, 6.07) is 11.2. The van der Waals surface area contributed by atoms with E-state index in [4.69, 9.17) is 9.47 Å². The average molecular weight is 515 g/mol. The van der Waals surface area contributed by atoms with Crippen molar-refractivity contribution in [3.8, 4) is 11.5 Å². The zero-order chi connectivity index (χ0) is 25.9. The first-order chi connectivity index (χ1) is 17.2. The molecule has 2 saturated carbocycles. The number of carbonyl (C=O) groups excluding carboxylic acids is 1. The highest BCUT2D eigenvalue weighted by molar-refractivity contribution is 7.62. The summed E-state index contributed by atoms with van der Waals surface area (Å²) >= 11 is 0. The summed E-state index contributed by atoms with van der Waals surface area (Å²) in [4.78, 5) is 26.7. The molecule has 1 N–H and O–H groups in total. The smallest absolute Gasteiger partial charge is 0.364 e. The summed E-state index contributed by atoms with van der Waals surface area (Å²) in [5.74, 6) is -0.169.